The van der Waals surface area contributed by atoms with Crippen molar-refractivity contribution >= 4 is 40.0 Å². The summed E-state index contributed by atoms with van der Waals surface area (Å²) in [6, 6.07) is 28.5. The van der Waals surface area contributed by atoms with Crippen molar-refractivity contribution < 1.29 is 23.5 Å². The number of anilines is 3. The Morgan fingerprint density at radius 3 is 2.25 bits per heavy atom. The van der Waals surface area contributed by atoms with Gasteiger partial charge in [0, 0.05) is 106 Å². The number of phenols is 1. The number of halogens is 2. The molecule has 0 spiro atoms. The zero-order chi connectivity index (χ0) is 38.6. The Morgan fingerprint density at radius 2 is 1.52 bits per heavy atom. The third-order valence-corrected chi connectivity index (χ3v) is 12.5. The number of aromatic nitrogens is 2. The van der Waals surface area contributed by atoms with Crippen LogP contribution >= 0.6 is 0 Å². The number of amides is 3. The first-order valence-corrected chi connectivity index (χ1v) is 19.8. The molecule has 3 saturated heterocycles. The first kappa shape index (κ1) is 36.2. The lowest BCUT2D eigenvalue weighted by Gasteiger charge is -2.40. The third-order valence-electron chi connectivity index (χ3n) is 12.5. The molecule has 290 valence electrons. The monoisotopic (exact) mass is 759 g/mol. The van der Waals surface area contributed by atoms with Crippen LogP contribution in [0, 0.1) is 5.92 Å². The number of hydrogen-bond acceptors (Lipinski definition) is 7. The average Bonchev–Trinajstić information content (AvgIpc) is 3.54. The zero-order valence-electron chi connectivity index (χ0n) is 31.6. The minimum absolute atomic E-state index is 0.0750. The van der Waals surface area contributed by atoms with Crippen LogP contribution in [-0.4, -0.2) is 84.1 Å². The van der Waals surface area contributed by atoms with E-state index in [1.807, 2.05) is 48.1 Å². The number of hydrogen-bond donors (Lipinski definition) is 2. The second-order valence-electron chi connectivity index (χ2n) is 15.9. The Balaban J connectivity index is 0.809. The molecule has 10 nitrogen and oxygen atoms in total. The van der Waals surface area contributed by atoms with Crippen LogP contribution in [0.2, 0.25) is 0 Å². The van der Waals surface area contributed by atoms with Crippen molar-refractivity contribution in [2.45, 2.75) is 43.4 Å². The molecule has 3 amide bonds. The molecule has 0 saturated carbocycles. The zero-order valence-corrected chi connectivity index (χ0v) is 31.6. The number of aromatic hydroxyl groups is 1. The van der Waals surface area contributed by atoms with E-state index < -0.39 is 17.9 Å². The van der Waals surface area contributed by atoms with E-state index in [0.29, 0.717) is 23.8 Å². The molecule has 0 bridgehead atoms. The van der Waals surface area contributed by atoms with Crippen LogP contribution in [0.25, 0.3) is 10.9 Å². The molecule has 3 fully saturated rings. The number of urea groups is 1. The fourth-order valence-corrected chi connectivity index (χ4v) is 9.48. The minimum Gasteiger partial charge on any atom is -0.508 e. The number of carbonyl (C=O) groups is 2. The molecule has 56 heavy (non-hydrogen) atoms. The third kappa shape index (κ3) is 6.84. The van der Waals surface area contributed by atoms with E-state index in [0.717, 1.165) is 92.1 Å². The number of nitrogens with one attached hydrogen (secondary N) is 1. The average molecular weight is 760 g/mol. The fraction of sp³-hybridized carbons (Fsp3) is 0.386. The molecular weight excluding hydrogens is 713 g/mol. The highest BCUT2D eigenvalue weighted by atomic mass is 19.3. The second kappa shape index (κ2) is 14.5. The van der Waals surface area contributed by atoms with Gasteiger partial charge in [-0.1, -0.05) is 48.5 Å². The van der Waals surface area contributed by atoms with Gasteiger partial charge in [0.15, 0.2) is 5.82 Å². The molecule has 1 aliphatic carbocycles. The molecule has 4 heterocycles. The second-order valence-corrected chi connectivity index (χ2v) is 15.9. The lowest BCUT2D eigenvalue weighted by Crippen LogP contribution is -2.49. The Bertz CT molecular complexity index is 2250. The summed E-state index contributed by atoms with van der Waals surface area (Å²) in [5, 5.41) is 18.0. The topological polar surface area (TPSA) is 97.2 Å². The van der Waals surface area contributed by atoms with Crippen LogP contribution in [0.15, 0.2) is 91.0 Å². The van der Waals surface area contributed by atoms with Gasteiger partial charge in [-0.2, -0.15) is 5.10 Å². The van der Waals surface area contributed by atoms with Crippen molar-refractivity contribution in [3.05, 3.63) is 113 Å². The first-order chi connectivity index (χ1) is 27.1. The SMILES string of the molecule is Cn1nc(N2CCC(=O)NC2=O)c2ccc(N3CCN(CC4CCN(c5ccc([C@@H]6c7ccc(O)cc7C(F)(F)C[C@@H]6c6ccccc6)cc5)CC4)CC3)cc21. The molecule has 9 rings (SSSR count). The smallest absolute Gasteiger partial charge is 0.329 e. The van der Waals surface area contributed by atoms with Crippen molar-refractivity contribution in [1.29, 1.82) is 0 Å². The summed E-state index contributed by atoms with van der Waals surface area (Å²) >= 11 is 0. The van der Waals surface area contributed by atoms with Crippen LogP contribution < -0.4 is 20.0 Å². The number of piperidine rings is 1. The maximum Gasteiger partial charge on any atom is 0.329 e. The van der Waals surface area contributed by atoms with Crippen molar-refractivity contribution in [1.82, 2.24) is 20.0 Å². The van der Waals surface area contributed by atoms with Crippen molar-refractivity contribution in [2.75, 3.05) is 67.1 Å². The number of imide groups is 1. The number of aryl methyl sites for hydroxylation is 1. The molecule has 3 aliphatic heterocycles. The van der Waals surface area contributed by atoms with E-state index >= 15 is 8.78 Å². The molecule has 4 aliphatic rings. The largest absolute Gasteiger partial charge is 0.508 e. The molecule has 2 atom stereocenters. The number of carbonyl (C=O) groups excluding carboxylic acids is 2. The Morgan fingerprint density at radius 1 is 0.804 bits per heavy atom. The van der Waals surface area contributed by atoms with E-state index in [1.54, 1.807) is 11.0 Å². The quantitative estimate of drug-likeness (QED) is 0.182. The van der Waals surface area contributed by atoms with E-state index in [4.69, 9.17) is 0 Å². The molecule has 0 unspecified atom stereocenters. The van der Waals surface area contributed by atoms with Gasteiger partial charge in [0.2, 0.25) is 5.91 Å². The van der Waals surface area contributed by atoms with Crippen molar-refractivity contribution in [3.8, 4) is 5.75 Å². The molecule has 0 radical (unpaired) electrons. The number of phenolic OH excluding ortho intramolecular Hbond substituents is 1. The number of rotatable bonds is 7. The van der Waals surface area contributed by atoms with Crippen molar-refractivity contribution in [3.63, 3.8) is 0 Å². The highest BCUT2D eigenvalue weighted by Gasteiger charge is 2.47. The van der Waals surface area contributed by atoms with Crippen LogP contribution in [0.4, 0.5) is 30.8 Å². The number of piperazine rings is 1. The van der Waals surface area contributed by atoms with Crippen LogP contribution in [0.3, 0.4) is 0 Å². The van der Waals surface area contributed by atoms with E-state index in [2.05, 4.69) is 61.5 Å². The summed E-state index contributed by atoms with van der Waals surface area (Å²) in [4.78, 5) is 33.2. The summed E-state index contributed by atoms with van der Waals surface area (Å²) in [5.41, 5.74) is 5.67. The van der Waals surface area contributed by atoms with Crippen LogP contribution in [-0.2, 0) is 17.8 Å². The summed E-state index contributed by atoms with van der Waals surface area (Å²) in [5.74, 6) is -2.87. The Kier molecular flexibility index (Phi) is 9.39. The molecular formula is C44H47F2N7O3. The van der Waals surface area contributed by atoms with Crippen LogP contribution in [0.5, 0.6) is 5.75 Å². The van der Waals surface area contributed by atoms with Gasteiger partial charge in [0.1, 0.15) is 5.75 Å². The van der Waals surface area contributed by atoms with Crippen molar-refractivity contribution in [2.24, 2.45) is 13.0 Å². The number of alkyl halides is 2. The summed E-state index contributed by atoms with van der Waals surface area (Å²) in [6.45, 7) is 7.25. The number of fused-ring (bicyclic) bond motifs is 2. The normalized spacial score (nSPS) is 22.0. The summed E-state index contributed by atoms with van der Waals surface area (Å²) in [7, 11) is 1.89. The number of nitrogens with zero attached hydrogens (tertiary/aromatic N) is 6. The van der Waals surface area contributed by atoms with Gasteiger partial charge in [-0.3, -0.25) is 24.6 Å². The number of benzene rings is 4. The van der Waals surface area contributed by atoms with E-state index in [1.165, 1.54) is 12.1 Å². The molecule has 5 aromatic rings. The maximum absolute atomic E-state index is 15.6. The van der Waals surface area contributed by atoms with Gasteiger partial charge >= 0.3 is 6.03 Å². The highest BCUT2D eigenvalue weighted by Crippen LogP contribution is 2.55. The molecule has 12 heteroatoms. The maximum atomic E-state index is 15.6. The summed E-state index contributed by atoms with van der Waals surface area (Å²) < 4.78 is 32.9. The standard InChI is InChI=1S/C44H47F2N7O3/c1-49-39-25-33(11-13-36(39)42(48-49)53-20-17-40(55)47-43(53)56)52-23-21-50(22-24-52)28-29-15-18-51(19-16-29)32-9-7-31(8-10-32)41-35-14-12-34(54)26-38(35)44(45,46)27-37(41)30-5-3-2-4-6-30/h2-14,25-26,29,37,41,54H,15-24,27-28H2,1H3,(H,47,55,56)/t37-,41-/m1/s1. The predicted octanol–water partition coefficient (Wildman–Crippen LogP) is 7.18. The lowest BCUT2D eigenvalue weighted by molar-refractivity contribution is -0.120. The Labute approximate surface area is 325 Å². The van der Waals surface area contributed by atoms with Gasteiger partial charge in [-0.25, -0.2) is 13.6 Å². The minimum atomic E-state index is -3.04. The van der Waals surface area contributed by atoms with Crippen LogP contribution in [0.1, 0.15) is 59.8 Å². The van der Waals surface area contributed by atoms with E-state index in [9.17, 15) is 14.7 Å². The van der Waals surface area contributed by atoms with E-state index in [-0.39, 0.29) is 36.0 Å². The van der Waals surface area contributed by atoms with Gasteiger partial charge < -0.3 is 14.9 Å². The Hall–Kier alpha value is -5.49. The first-order valence-electron chi connectivity index (χ1n) is 19.8. The fourth-order valence-electron chi connectivity index (χ4n) is 9.48. The van der Waals surface area contributed by atoms with Gasteiger partial charge in [0.25, 0.3) is 5.92 Å². The summed E-state index contributed by atoms with van der Waals surface area (Å²) in [6.07, 6.45) is 2.19. The van der Waals surface area contributed by atoms with Gasteiger partial charge in [-0.15, -0.1) is 0 Å². The molecule has 2 N–H and O–H groups in total. The predicted molar refractivity (Wildman–Crippen MR) is 214 cm³/mol. The van der Waals surface area contributed by atoms with Gasteiger partial charge in [-0.05, 0) is 77.9 Å². The lowest BCUT2D eigenvalue weighted by atomic mass is 9.68. The highest BCUT2D eigenvalue weighted by molar-refractivity contribution is 6.09. The van der Waals surface area contributed by atoms with Gasteiger partial charge in [0.05, 0.1) is 5.52 Å². The molecule has 1 aromatic heterocycles. The molecule has 4 aromatic carbocycles.